The standard InChI is InChI=1S/C37H27N3.C3H3I/c1-37(2)30-19-11-9-17-26(30)28-21-29-27-18-10-12-20-34(27)40(35(29)22-31(28)37)36-38-32(24-13-5-3-6-14-24)23-33(39-36)25-15-7-4-8-16-25;1-2-3-4/h3-23H,1-2H3;1H3. The van der Waals surface area contributed by atoms with E-state index in [2.05, 4.69) is 144 Å². The van der Waals surface area contributed by atoms with E-state index in [0.717, 1.165) is 33.5 Å². The van der Waals surface area contributed by atoms with Crippen LogP contribution in [0, 0.1) is 9.85 Å². The van der Waals surface area contributed by atoms with Crippen molar-refractivity contribution in [2.75, 3.05) is 0 Å². The molecule has 8 rings (SSSR count). The molecule has 1 aliphatic carbocycles. The maximum Gasteiger partial charge on any atom is 0.235 e. The number of aromatic nitrogens is 3. The molecule has 5 aromatic carbocycles. The monoisotopic (exact) mass is 679 g/mol. The summed E-state index contributed by atoms with van der Waals surface area (Å²) in [6.07, 6.45) is 0. The highest BCUT2D eigenvalue weighted by molar-refractivity contribution is 14.1. The minimum Gasteiger partial charge on any atom is -0.278 e. The van der Waals surface area contributed by atoms with Crippen molar-refractivity contribution in [3.63, 3.8) is 0 Å². The Morgan fingerprint density at radius 3 is 1.80 bits per heavy atom. The molecule has 4 heteroatoms. The highest BCUT2D eigenvalue weighted by atomic mass is 127. The van der Waals surface area contributed by atoms with E-state index in [9.17, 15) is 0 Å². The van der Waals surface area contributed by atoms with Gasteiger partial charge in [-0.05, 0) is 57.4 Å². The second-order valence-electron chi connectivity index (χ2n) is 11.5. The summed E-state index contributed by atoms with van der Waals surface area (Å²) >= 11 is 1.99. The van der Waals surface area contributed by atoms with Crippen molar-refractivity contribution >= 4 is 44.4 Å². The highest BCUT2D eigenvalue weighted by Crippen LogP contribution is 2.50. The van der Waals surface area contributed by atoms with Crippen molar-refractivity contribution in [3.05, 3.63) is 139 Å². The van der Waals surface area contributed by atoms with Gasteiger partial charge in [0.1, 0.15) is 0 Å². The molecule has 3 nitrogen and oxygen atoms in total. The number of rotatable bonds is 3. The Labute approximate surface area is 271 Å². The quantitative estimate of drug-likeness (QED) is 0.138. The number of hydrogen-bond acceptors (Lipinski definition) is 2. The van der Waals surface area contributed by atoms with Crippen LogP contribution in [0.25, 0.3) is 61.4 Å². The number of fused-ring (bicyclic) bond motifs is 6. The van der Waals surface area contributed by atoms with E-state index in [-0.39, 0.29) is 5.41 Å². The Bertz CT molecular complexity index is 2160. The van der Waals surface area contributed by atoms with Gasteiger partial charge < -0.3 is 0 Å². The molecule has 0 atom stereocenters. The first-order valence-corrected chi connectivity index (χ1v) is 15.8. The molecular formula is C40H30IN3. The molecule has 2 heterocycles. The Morgan fingerprint density at radius 2 is 1.16 bits per heavy atom. The Hall–Kier alpha value is -4.73. The van der Waals surface area contributed by atoms with Crippen molar-refractivity contribution in [2.45, 2.75) is 26.2 Å². The fraction of sp³-hybridized carbons (Fsp3) is 0.100. The van der Waals surface area contributed by atoms with E-state index in [1.807, 2.05) is 41.6 Å². The fourth-order valence-corrected chi connectivity index (χ4v) is 6.43. The molecule has 0 saturated heterocycles. The average Bonchev–Trinajstić information content (AvgIpc) is 3.53. The van der Waals surface area contributed by atoms with Gasteiger partial charge in [-0.25, -0.2) is 9.97 Å². The van der Waals surface area contributed by atoms with Crippen LogP contribution < -0.4 is 0 Å². The Morgan fingerprint density at radius 1 is 0.591 bits per heavy atom. The van der Waals surface area contributed by atoms with Crippen LogP contribution in [-0.4, -0.2) is 14.5 Å². The molecule has 44 heavy (non-hydrogen) atoms. The van der Waals surface area contributed by atoms with Gasteiger partial charge in [0, 0.05) is 49.9 Å². The third kappa shape index (κ3) is 4.69. The van der Waals surface area contributed by atoms with Gasteiger partial charge >= 0.3 is 0 Å². The fourth-order valence-electron chi connectivity index (χ4n) is 6.43. The molecule has 0 amide bonds. The van der Waals surface area contributed by atoms with Crippen molar-refractivity contribution < 1.29 is 0 Å². The minimum atomic E-state index is -0.0939. The predicted octanol–water partition coefficient (Wildman–Crippen LogP) is 10.6. The molecule has 0 radical (unpaired) electrons. The van der Waals surface area contributed by atoms with E-state index in [1.165, 1.54) is 33.0 Å². The number of nitrogens with zero attached hydrogens (tertiary/aromatic N) is 3. The summed E-state index contributed by atoms with van der Waals surface area (Å²) < 4.78 is 4.90. The molecule has 0 saturated carbocycles. The van der Waals surface area contributed by atoms with Crippen LogP contribution in [-0.2, 0) is 5.41 Å². The second kappa shape index (κ2) is 11.4. The number of para-hydroxylation sites is 1. The number of hydrogen-bond donors (Lipinski definition) is 0. The second-order valence-corrected chi connectivity index (χ2v) is 12.0. The van der Waals surface area contributed by atoms with Crippen molar-refractivity contribution in [1.82, 2.24) is 14.5 Å². The van der Waals surface area contributed by atoms with Crippen LogP contribution in [0.1, 0.15) is 31.9 Å². The lowest BCUT2D eigenvalue weighted by Crippen LogP contribution is -2.15. The van der Waals surface area contributed by atoms with Crippen molar-refractivity contribution in [3.8, 4) is 49.4 Å². The summed E-state index contributed by atoms with van der Waals surface area (Å²) in [6, 6.07) is 45.0. The summed E-state index contributed by atoms with van der Waals surface area (Å²) in [5, 5.41) is 2.43. The Balaban J connectivity index is 0.000000739. The third-order valence-corrected chi connectivity index (χ3v) is 9.06. The van der Waals surface area contributed by atoms with E-state index in [0.29, 0.717) is 5.95 Å². The van der Waals surface area contributed by atoms with E-state index < -0.39 is 0 Å². The smallest absolute Gasteiger partial charge is 0.235 e. The van der Waals surface area contributed by atoms with Crippen molar-refractivity contribution in [1.29, 1.82) is 0 Å². The lowest BCUT2D eigenvalue weighted by atomic mass is 9.82. The van der Waals surface area contributed by atoms with E-state index >= 15 is 0 Å². The maximum atomic E-state index is 5.19. The summed E-state index contributed by atoms with van der Waals surface area (Å²) in [5.41, 5.74) is 11.5. The largest absolute Gasteiger partial charge is 0.278 e. The molecule has 0 spiro atoms. The third-order valence-electron chi connectivity index (χ3n) is 8.52. The van der Waals surface area contributed by atoms with Crippen LogP contribution in [0.3, 0.4) is 0 Å². The van der Waals surface area contributed by atoms with Gasteiger partial charge in [-0.3, -0.25) is 4.57 Å². The summed E-state index contributed by atoms with van der Waals surface area (Å²) in [7, 11) is 0. The lowest BCUT2D eigenvalue weighted by Gasteiger charge is -2.21. The first kappa shape index (κ1) is 28.1. The normalized spacial score (nSPS) is 12.5. The van der Waals surface area contributed by atoms with Crippen LogP contribution >= 0.6 is 22.6 Å². The molecule has 1 aliphatic rings. The van der Waals surface area contributed by atoms with Crippen LogP contribution in [0.5, 0.6) is 0 Å². The zero-order valence-electron chi connectivity index (χ0n) is 24.8. The zero-order chi connectivity index (χ0) is 30.3. The van der Waals surface area contributed by atoms with Crippen molar-refractivity contribution in [2.24, 2.45) is 0 Å². The predicted molar refractivity (Wildman–Crippen MR) is 192 cm³/mol. The topological polar surface area (TPSA) is 30.7 Å². The lowest BCUT2D eigenvalue weighted by molar-refractivity contribution is 0.661. The molecule has 0 fully saturated rings. The minimum absolute atomic E-state index is 0.0939. The van der Waals surface area contributed by atoms with Crippen LogP contribution in [0.15, 0.2) is 127 Å². The molecule has 0 N–H and O–H groups in total. The number of benzene rings is 5. The molecular weight excluding hydrogens is 649 g/mol. The first-order valence-electron chi connectivity index (χ1n) is 14.7. The van der Waals surface area contributed by atoms with Gasteiger partial charge in [0.2, 0.25) is 5.95 Å². The summed E-state index contributed by atoms with van der Waals surface area (Å²) in [5.74, 6) is 3.35. The molecule has 0 unspecified atom stereocenters. The number of halogens is 1. The molecule has 0 bridgehead atoms. The van der Waals surface area contributed by atoms with Crippen LogP contribution in [0.4, 0.5) is 0 Å². The first-order chi connectivity index (χ1) is 21.5. The average molecular weight is 680 g/mol. The van der Waals surface area contributed by atoms with E-state index in [1.54, 1.807) is 0 Å². The van der Waals surface area contributed by atoms with Gasteiger partial charge in [0.15, 0.2) is 0 Å². The highest BCUT2D eigenvalue weighted by Gasteiger charge is 2.36. The maximum absolute atomic E-state index is 5.19. The van der Waals surface area contributed by atoms with Gasteiger partial charge in [0.05, 0.1) is 22.4 Å². The van der Waals surface area contributed by atoms with Gasteiger partial charge in [-0.15, -0.1) is 0 Å². The Kier molecular flexibility index (Phi) is 7.27. The van der Waals surface area contributed by atoms with Gasteiger partial charge in [-0.2, -0.15) is 0 Å². The summed E-state index contributed by atoms with van der Waals surface area (Å²) in [4.78, 5) is 10.4. The molecule has 0 aliphatic heterocycles. The zero-order valence-corrected chi connectivity index (χ0v) is 27.0. The molecule has 7 aromatic rings. The van der Waals surface area contributed by atoms with Crippen LogP contribution in [0.2, 0.25) is 0 Å². The summed E-state index contributed by atoms with van der Waals surface area (Å²) in [6.45, 7) is 6.47. The molecule has 212 valence electrons. The SMILES string of the molecule is CC#CI.CC1(C)c2ccccc2-c2cc3c4ccccc4n(-c4nc(-c5ccccc5)cc(-c5ccccc5)n4)c3cc21. The van der Waals surface area contributed by atoms with Gasteiger partial charge in [0.25, 0.3) is 0 Å². The van der Waals surface area contributed by atoms with E-state index in [4.69, 9.17) is 9.97 Å². The molecule has 2 aromatic heterocycles. The van der Waals surface area contributed by atoms with Gasteiger partial charge in [-0.1, -0.05) is 123 Å².